The molecular weight excluding hydrogens is 375 g/mol. The van der Waals surface area contributed by atoms with Crippen LogP contribution in [0, 0.1) is 11.3 Å². The molecule has 1 saturated heterocycles. The largest absolute Gasteiger partial charge is 0.349 e. The Hall–Kier alpha value is -2.40. The van der Waals surface area contributed by atoms with Crippen LogP contribution in [0.4, 0.5) is 4.39 Å². The van der Waals surface area contributed by atoms with E-state index in [1.54, 1.807) is 12.1 Å². The number of nitrogens with one attached hydrogen (secondary N) is 2. The van der Waals surface area contributed by atoms with Crippen molar-refractivity contribution in [3.8, 4) is 17.2 Å². The number of carbonyl (C=O) groups is 1. The summed E-state index contributed by atoms with van der Waals surface area (Å²) in [5, 5.41) is 14.1. The second kappa shape index (κ2) is 9.20. The van der Waals surface area contributed by atoms with Crippen molar-refractivity contribution in [3.63, 3.8) is 0 Å². The van der Waals surface area contributed by atoms with Crippen LogP contribution in [0.2, 0.25) is 0 Å². The molecule has 1 aliphatic rings. The molecule has 0 aliphatic carbocycles. The maximum atomic E-state index is 13.3. The van der Waals surface area contributed by atoms with Gasteiger partial charge in [0.15, 0.2) is 0 Å². The fourth-order valence-corrected chi connectivity index (χ4v) is 3.44. The summed E-state index contributed by atoms with van der Waals surface area (Å²) < 4.78 is 13.3. The number of benzene rings is 2. The Balaban J connectivity index is 1.64. The molecule has 0 aromatic heterocycles. The van der Waals surface area contributed by atoms with Gasteiger partial charge in [0, 0.05) is 13.0 Å². The lowest BCUT2D eigenvalue weighted by molar-refractivity contribution is -0.123. The molecule has 1 amide bonds. The lowest BCUT2D eigenvalue weighted by Gasteiger charge is -2.23. The van der Waals surface area contributed by atoms with Crippen molar-refractivity contribution in [2.75, 3.05) is 6.54 Å². The Morgan fingerprint density at radius 1 is 1.25 bits per heavy atom. The zero-order chi connectivity index (χ0) is 20.1. The number of amides is 1. The van der Waals surface area contributed by atoms with Crippen molar-refractivity contribution in [2.45, 2.75) is 36.5 Å². The lowest BCUT2D eigenvalue weighted by Crippen LogP contribution is -2.51. The molecule has 4 atom stereocenters. The molecule has 1 heterocycles. The van der Waals surface area contributed by atoms with Gasteiger partial charge in [0.05, 0.1) is 29.1 Å². The van der Waals surface area contributed by atoms with Gasteiger partial charge in [0.1, 0.15) is 6.17 Å². The van der Waals surface area contributed by atoms with E-state index in [9.17, 15) is 9.18 Å². The molecule has 1 aliphatic heterocycles. The molecule has 2 aromatic rings. The minimum absolute atomic E-state index is 0.180. The smallest absolute Gasteiger partial charge is 0.237 e. The number of hydrogen-bond acceptors (Lipinski definition) is 5. The number of halogens is 1. The maximum Gasteiger partial charge on any atom is 0.237 e. The van der Waals surface area contributed by atoms with E-state index in [1.807, 2.05) is 36.4 Å². The molecule has 7 heteroatoms. The number of thiol groups is 1. The van der Waals surface area contributed by atoms with Crippen molar-refractivity contribution < 1.29 is 9.18 Å². The Kier molecular flexibility index (Phi) is 6.68. The average molecular weight is 399 g/mol. The SMILES string of the molecule is N#Cc1ccc(-c2ccc(C[C@H](NC(=O)[C@@H]3C[C@H](F)CN3)[C@H](N)S)cc2)cc1. The van der Waals surface area contributed by atoms with E-state index in [1.165, 1.54) is 0 Å². The van der Waals surface area contributed by atoms with Gasteiger partial charge in [-0.05, 0) is 35.2 Å². The van der Waals surface area contributed by atoms with Gasteiger partial charge in [0.25, 0.3) is 0 Å². The third-order valence-corrected chi connectivity index (χ3v) is 5.25. The summed E-state index contributed by atoms with van der Waals surface area (Å²) in [6.07, 6.45) is -0.288. The van der Waals surface area contributed by atoms with Gasteiger partial charge in [0.2, 0.25) is 5.91 Å². The van der Waals surface area contributed by atoms with Crippen molar-refractivity contribution in [1.29, 1.82) is 5.26 Å². The molecule has 0 bridgehead atoms. The van der Waals surface area contributed by atoms with E-state index >= 15 is 0 Å². The number of alkyl halides is 1. The Labute approximate surface area is 169 Å². The molecule has 1 fully saturated rings. The van der Waals surface area contributed by atoms with Crippen LogP contribution in [0.1, 0.15) is 17.5 Å². The molecule has 0 radical (unpaired) electrons. The molecule has 4 N–H and O–H groups in total. The molecule has 0 saturated carbocycles. The summed E-state index contributed by atoms with van der Waals surface area (Å²) in [5.74, 6) is -0.246. The molecule has 146 valence electrons. The Morgan fingerprint density at radius 2 is 1.86 bits per heavy atom. The highest BCUT2D eigenvalue weighted by Gasteiger charge is 2.31. The third kappa shape index (κ3) is 5.10. The predicted octanol–water partition coefficient (Wildman–Crippen LogP) is 2.17. The summed E-state index contributed by atoms with van der Waals surface area (Å²) in [6, 6.07) is 16.6. The average Bonchev–Trinajstić information content (AvgIpc) is 3.14. The zero-order valence-electron chi connectivity index (χ0n) is 15.3. The quantitative estimate of drug-likeness (QED) is 0.443. The first kappa shape index (κ1) is 20.3. The number of nitrogens with zero attached hydrogens (tertiary/aromatic N) is 1. The predicted molar refractivity (Wildman–Crippen MR) is 110 cm³/mol. The highest BCUT2D eigenvalue weighted by atomic mass is 32.1. The van der Waals surface area contributed by atoms with E-state index in [-0.39, 0.29) is 24.9 Å². The maximum absolute atomic E-state index is 13.3. The van der Waals surface area contributed by atoms with Crippen molar-refractivity contribution >= 4 is 18.5 Å². The van der Waals surface area contributed by atoms with E-state index in [0.717, 1.165) is 16.7 Å². The van der Waals surface area contributed by atoms with Gasteiger partial charge in [-0.3, -0.25) is 4.79 Å². The van der Waals surface area contributed by atoms with Crippen LogP contribution in [0.15, 0.2) is 48.5 Å². The summed E-state index contributed by atoms with van der Waals surface area (Å²) >= 11 is 4.30. The second-order valence-electron chi connectivity index (χ2n) is 6.99. The van der Waals surface area contributed by atoms with Crippen LogP contribution < -0.4 is 16.4 Å². The number of nitriles is 1. The van der Waals surface area contributed by atoms with Gasteiger partial charge in [-0.1, -0.05) is 36.4 Å². The summed E-state index contributed by atoms with van der Waals surface area (Å²) in [4.78, 5) is 12.3. The summed E-state index contributed by atoms with van der Waals surface area (Å²) in [5.41, 5.74) is 9.63. The highest BCUT2D eigenvalue weighted by molar-refractivity contribution is 7.80. The lowest BCUT2D eigenvalue weighted by atomic mass is 9.99. The van der Waals surface area contributed by atoms with E-state index < -0.39 is 17.6 Å². The Bertz CT molecular complexity index is 848. The van der Waals surface area contributed by atoms with Gasteiger partial charge >= 0.3 is 0 Å². The fraction of sp³-hybridized carbons (Fsp3) is 0.333. The third-order valence-electron chi connectivity index (χ3n) is 4.89. The monoisotopic (exact) mass is 398 g/mol. The molecule has 0 unspecified atom stereocenters. The number of rotatable bonds is 6. The van der Waals surface area contributed by atoms with Crippen LogP contribution in [0.3, 0.4) is 0 Å². The number of hydrogen-bond donors (Lipinski definition) is 4. The van der Waals surface area contributed by atoms with E-state index in [4.69, 9.17) is 11.0 Å². The van der Waals surface area contributed by atoms with Crippen LogP contribution in [-0.4, -0.2) is 36.1 Å². The normalized spacial score (nSPS) is 20.9. The molecular formula is C21H23FN4OS. The fourth-order valence-electron chi connectivity index (χ4n) is 3.26. The van der Waals surface area contributed by atoms with Gasteiger partial charge in [-0.25, -0.2) is 4.39 Å². The highest BCUT2D eigenvalue weighted by Crippen LogP contribution is 2.21. The molecule has 5 nitrogen and oxygen atoms in total. The molecule has 3 rings (SSSR count). The number of nitrogens with two attached hydrogens (primary N) is 1. The Morgan fingerprint density at radius 3 is 2.36 bits per heavy atom. The van der Waals surface area contributed by atoms with E-state index in [0.29, 0.717) is 12.0 Å². The van der Waals surface area contributed by atoms with Crippen LogP contribution >= 0.6 is 12.6 Å². The molecule has 0 spiro atoms. The first-order valence-electron chi connectivity index (χ1n) is 9.17. The van der Waals surface area contributed by atoms with Crippen molar-refractivity contribution in [2.24, 2.45) is 5.73 Å². The van der Waals surface area contributed by atoms with Gasteiger partial charge in [-0.2, -0.15) is 17.9 Å². The van der Waals surface area contributed by atoms with Gasteiger partial charge in [-0.15, -0.1) is 0 Å². The minimum atomic E-state index is -0.992. The first-order chi connectivity index (χ1) is 13.5. The molecule has 2 aromatic carbocycles. The minimum Gasteiger partial charge on any atom is -0.349 e. The van der Waals surface area contributed by atoms with Crippen molar-refractivity contribution in [1.82, 2.24) is 10.6 Å². The van der Waals surface area contributed by atoms with Crippen LogP contribution in [0.25, 0.3) is 11.1 Å². The van der Waals surface area contributed by atoms with E-state index in [2.05, 4.69) is 29.3 Å². The van der Waals surface area contributed by atoms with Gasteiger partial charge < -0.3 is 16.4 Å². The van der Waals surface area contributed by atoms with Crippen molar-refractivity contribution in [3.05, 3.63) is 59.7 Å². The first-order valence-corrected chi connectivity index (χ1v) is 9.69. The van der Waals surface area contributed by atoms with Crippen LogP contribution in [0.5, 0.6) is 0 Å². The van der Waals surface area contributed by atoms with Crippen LogP contribution in [-0.2, 0) is 11.2 Å². The second-order valence-corrected chi connectivity index (χ2v) is 7.59. The topological polar surface area (TPSA) is 90.9 Å². The summed E-state index contributed by atoms with van der Waals surface area (Å²) in [7, 11) is 0. The summed E-state index contributed by atoms with van der Waals surface area (Å²) in [6.45, 7) is 0.201. The zero-order valence-corrected chi connectivity index (χ0v) is 16.2. The standard InChI is InChI=1S/C21H23FN4OS/c22-17-10-19(25-12-17)21(27)26-18(20(24)28)9-13-1-5-15(6-2-13)16-7-3-14(11-23)4-8-16/h1-8,17-20,25,28H,9-10,12,24H2,(H,26,27)/t17-,18-,19-,20+/m0/s1. The number of carbonyl (C=O) groups excluding carboxylic acids is 1. The molecule has 28 heavy (non-hydrogen) atoms.